The zero-order valence-corrected chi connectivity index (χ0v) is 32.0. The van der Waals surface area contributed by atoms with Crippen molar-refractivity contribution >= 4 is 23.6 Å². The normalized spacial score (nSPS) is 15.8. The van der Waals surface area contributed by atoms with E-state index in [0.717, 1.165) is 44.9 Å². The molecule has 3 aromatic carbocycles. The average Bonchev–Trinajstić information content (AvgIpc) is 3.37. The third kappa shape index (κ3) is 7.67. The molecule has 0 radical (unpaired) electrons. The fourth-order valence-electron chi connectivity index (χ4n) is 6.81. The molecular formula is C38H49Cl3SiTi. The van der Waals surface area contributed by atoms with Crippen LogP contribution < -0.4 is 52.8 Å². The minimum Gasteiger partial charge on any atom is -1.00 e. The fraction of sp³-hybridized carbons (Fsp3) is 0.421. The van der Waals surface area contributed by atoms with E-state index in [1.54, 1.807) is 21.1 Å². The predicted octanol–water partition coefficient (Wildman–Crippen LogP) is -0.916. The monoisotopic (exact) mass is 686 g/mol. The quantitative estimate of drug-likeness (QED) is 0.171. The smallest absolute Gasteiger partial charge is 1.00 e. The maximum Gasteiger partial charge on any atom is -1.00 e. The summed E-state index contributed by atoms with van der Waals surface area (Å²) < 4.78 is -0.0465. The van der Waals surface area contributed by atoms with Crippen LogP contribution in [0.1, 0.15) is 94.7 Å². The molecule has 0 aromatic heterocycles. The Morgan fingerprint density at radius 1 is 0.512 bits per heavy atom. The number of rotatable bonds is 12. The SMILES string of the molecule is CCCC1=CC=C[C]1([Ti+3])[Si](c1cc(CC)cc(CC)c1)(c1cc(CC)cc(CC)c1)c1cc(CC)cc(CC)c1.[Cl-].[Cl-].[Cl-]. The van der Waals surface area contributed by atoms with Gasteiger partial charge in [0.25, 0.3) is 0 Å². The molecule has 1 unspecified atom stereocenters. The van der Waals surface area contributed by atoms with E-state index in [-0.39, 0.29) is 40.6 Å². The van der Waals surface area contributed by atoms with Gasteiger partial charge in [0.05, 0.1) is 0 Å². The van der Waals surface area contributed by atoms with E-state index in [1.807, 2.05) is 0 Å². The topological polar surface area (TPSA) is 0 Å². The Morgan fingerprint density at radius 2 is 0.814 bits per heavy atom. The summed E-state index contributed by atoms with van der Waals surface area (Å²) in [6.07, 6.45) is 16.2. The molecule has 0 spiro atoms. The third-order valence-electron chi connectivity index (χ3n) is 9.17. The van der Waals surface area contributed by atoms with Gasteiger partial charge in [0.1, 0.15) is 0 Å². The van der Waals surface area contributed by atoms with Crippen LogP contribution in [0, 0.1) is 0 Å². The van der Waals surface area contributed by atoms with Crippen LogP contribution in [0.5, 0.6) is 0 Å². The summed E-state index contributed by atoms with van der Waals surface area (Å²) in [5.41, 5.74) is 10.5. The van der Waals surface area contributed by atoms with Gasteiger partial charge in [-0.1, -0.05) is 0 Å². The summed E-state index contributed by atoms with van der Waals surface area (Å²) in [5.74, 6) is 0. The van der Waals surface area contributed by atoms with Crippen molar-refractivity contribution in [3.05, 3.63) is 112 Å². The van der Waals surface area contributed by atoms with Gasteiger partial charge in [-0.05, 0) is 0 Å². The zero-order valence-electron chi connectivity index (χ0n) is 27.2. The van der Waals surface area contributed by atoms with E-state index < -0.39 is 8.07 Å². The average molecular weight is 688 g/mol. The molecule has 0 saturated heterocycles. The van der Waals surface area contributed by atoms with E-state index in [4.69, 9.17) is 0 Å². The predicted molar refractivity (Wildman–Crippen MR) is 175 cm³/mol. The van der Waals surface area contributed by atoms with Crippen molar-refractivity contribution in [2.24, 2.45) is 0 Å². The Morgan fingerprint density at radius 3 is 1.07 bits per heavy atom. The van der Waals surface area contributed by atoms with Gasteiger partial charge in [-0.2, -0.15) is 0 Å². The van der Waals surface area contributed by atoms with Gasteiger partial charge in [0.15, 0.2) is 0 Å². The Hall–Kier alpha value is -1.06. The molecule has 0 heterocycles. The first kappa shape index (κ1) is 40.0. The molecule has 0 bridgehead atoms. The Kier molecular flexibility index (Phi) is 16.3. The molecule has 230 valence electrons. The molecule has 3 aromatic rings. The van der Waals surface area contributed by atoms with E-state index in [0.29, 0.717) is 0 Å². The molecule has 0 nitrogen and oxygen atoms in total. The van der Waals surface area contributed by atoms with Gasteiger partial charge in [0.2, 0.25) is 0 Å². The Balaban J connectivity index is 0.00000308. The standard InChI is InChI=1S/C38H49Si.3ClH.Ti/c1-8-16-34-17-15-18-38(34)39(35-22-28(9-2)19-29(10-3)23-35,36-24-30(11-4)20-31(12-5)25-36)37-26-32(13-6)21-33(14-7)27-37;;;;/h15,17-27H,8-14,16H2,1-7H3;3*1H;/q;;;;+3/p-3. The molecule has 1 atom stereocenters. The van der Waals surface area contributed by atoms with Crippen molar-refractivity contribution in [1.29, 1.82) is 0 Å². The summed E-state index contributed by atoms with van der Waals surface area (Å²) in [6.45, 7) is 16.3. The molecule has 4 rings (SSSR count). The second-order valence-electron chi connectivity index (χ2n) is 11.6. The third-order valence-corrected chi connectivity index (χ3v) is 16.8. The molecular weight excluding hydrogens is 639 g/mol. The summed E-state index contributed by atoms with van der Waals surface area (Å²) in [4.78, 5) is 0. The van der Waals surface area contributed by atoms with Crippen LogP contribution in [-0.4, -0.2) is 8.07 Å². The summed E-state index contributed by atoms with van der Waals surface area (Å²) >= 11 is 2.60. The van der Waals surface area contributed by atoms with Crippen LogP contribution in [0.25, 0.3) is 0 Å². The van der Waals surface area contributed by atoms with Crippen molar-refractivity contribution in [3.8, 4) is 0 Å². The van der Waals surface area contributed by atoms with Gasteiger partial charge in [-0.15, -0.1) is 0 Å². The number of aryl methyl sites for hydroxylation is 6. The second-order valence-corrected chi connectivity index (χ2v) is 17.6. The van der Waals surface area contributed by atoms with Crippen LogP contribution in [0.3, 0.4) is 0 Å². The van der Waals surface area contributed by atoms with Gasteiger partial charge in [-0.25, -0.2) is 0 Å². The number of allylic oxidation sites excluding steroid dienone is 4. The molecule has 0 saturated carbocycles. The van der Waals surface area contributed by atoms with Crippen molar-refractivity contribution < 1.29 is 57.7 Å². The van der Waals surface area contributed by atoms with Gasteiger partial charge < -0.3 is 37.2 Å². The molecule has 1 aliphatic carbocycles. The first-order valence-electron chi connectivity index (χ1n) is 15.9. The summed E-state index contributed by atoms with van der Waals surface area (Å²) in [7, 11) is -2.66. The van der Waals surface area contributed by atoms with Crippen LogP contribution >= 0.6 is 0 Å². The molecule has 5 heteroatoms. The minimum atomic E-state index is -2.66. The maximum absolute atomic E-state index is 2.66. The van der Waals surface area contributed by atoms with Crippen LogP contribution in [0.2, 0.25) is 3.34 Å². The van der Waals surface area contributed by atoms with Crippen molar-refractivity contribution in [2.45, 2.75) is 103 Å². The summed E-state index contributed by atoms with van der Waals surface area (Å²) in [6, 6.07) is 23.0. The van der Waals surface area contributed by atoms with Crippen molar-refractivity contribution in [3.63, 3.8) is 0 Å². The largest absolute Gasteiger partial charge is 1.00 e. The van der Waals surface area contributed by atoms with Crippen LogP contribution in [-0.2, 0) is 59.0 Å². The Bertz CT molecular complexity index is 1210. The van der Waals surface area contributed by atoms with E-state index in [1.165, 1.54) is 39.8 Å². The van der Waals surface area contributed by atoms with E-state index in [2.05, 4.69) is 142 Å². The second kappa shape index (κ2) is 17.6. The Labute approximate surface area is 294 Å². The van der Waals surface area contributed by atoms with Gasteiger partial charge in [-0.3, -0.25) is 0 Å². The van der Waals surface area contributed by atoms with Crippen LogP contribution in [0.15, 0.2) is 78.4 Å². The molecule has 0 N–H and O–H groups in total. The van der Waals surface area contributed by atoms with E-state index >= 15 is 0 Å². The fourth-order valence-corrected chi connectivity index (χ4v) is 15.1. The molecule has 43 heavy (non-hydrogen) atoms. The van der Waals surface area contributed by atoms with Gasteiger partial charge >= 0.3 is 259 Å². The first-order chi connectivity index (χ1) is 19.3. The zero-order chi connectivity index (χ0) is 28.9. The molecule has 0 aliphatic heterocycles. The molecule has 0 fully saturated rings. The van der Waals surface area contributed by atoms with E-state index in [9.17, 15) is 0 Å². The molecule has 1 aliphatic rings. The van der Waals surface area contributed by atoms with Crippen molar-refractivity contribution in [1.82, 2.24) is 0 Å². The van der Waals surface area contributed by atoms with Crippen LogP contribution in [0.4, 0.5) is 0 Å². The number of hydrogen-bond acceptors (Lipinski definition) is 0. The molecule has 0 amide bonds. The van der Waals surface area contributed by atoms with Gasteiger partial charge in [0, 0.05) is 0 Å². The number of halogens is 3. The first-order valence-corrected chi connectivity index (χ1v) is 18.6. The maximum atomic E-state index is 2.61. The number of hydrogen-bond donors (Lipinski definition) is 0. The van der Waals surface area contributed by atoms with Crippen molar-refractivity contribution in [2.75, 3.05) is 0 Å². The number of benzene rings is 3. The summed E-state index contributed by atoms with van der Waals surface area (Å²) in [5, 5.41) is 4.76. The minimum absolute atomic E-state index is 0.